The Morgan fingerprint density at radius 3 is 2.50 bits per heavy atom. The standard InChI is InChI=1S/C27H44O/c1-18(2)7-6-8-19(3)23-11-12-24-22-10-9-20-17-21(28)13-15-26(20,4)25(22)14-16-27(23,24)5/h10,18-20,23-25H,6-9,11-17H2,1-5H3/t19-,20+,23-,24+,25-,26-,27+/m0/s1. The molecule has 0 saturated heterocycles. The molecule has 0 aliphatic heterocycles. The van der Waals surface area contributed by atoms with E-state index < -0.39 is 0 Å². The van der Waals surface area contributed by atoms with Crippen LogP contribution in [-0.2, 0) is 4.79 Å². The van der Waals surface area contributed by atoms with Crippen LogP contribution in [0.5, 0.6) is 0 Å². The number of ketones is 1. The van der Waals surface area contributed by atoms with Crippen molar-refractivity contribution in [2.75, 3.05) is 0 Å². The van der Waals surface area contributed by atoms with Crippen LogP contribution in [0.15, 0.2) is 11.6 Å². The fourth-order valence-electron chi connectivity index (χ4n) is 8.33. The van der Waals surface area contributed by atoms with Gasteiger partial charge in [-0.15, -0.1) is 0 Å². The predicted molar refractivity (Wildman–Crippen MR) is 118 cm³/mol. The van der Waals surface area contributed by atoms with Crippen LogP contribution in [0.25, 0.3) is 0 Å². The Balaban J connectivity index is 1.51. The summed E-state index contributed by atoms with van der Waals surface area (Å²) in [6, 6.07) is 0. The zero-order chi connectivity index (χ0) is 20.1. The van der Waals surface area contributed by atoms with Gasteiger partial charge in [0.1, 0.15) is 5.78 Å². The molecule has 0 radical (unpaired) electrons. The van der Waals surface area contributed by atoms with Gasteiger partial charge in [0.05, 0.1) is 0 Å². The van der Waals surface area contributed by atoms with E-state index in [-0.39, 0.29) is 0 Å². The summed E-state index contributed by atoms with van der Waals surface area (Å²) in [5, 5.41) is 0. The Bertz CT molecular complexity index is 630. The van der Waals surface area contributed by atoms with E-state index >= 15 is 0 Å². The van der Waals surface area contributed by atoms with Gasteiger partial charge < -0.3 is 0 Å². The first-order valence-corrected chi connectivity index (χ1v) is 12.5. The molecule has 1 nitrogen and oxygen atoms in total. The largest absolute Gasteiger partial charge is 0.300 e. The van der Waals surface area contributed by atoms with E-state index in [4.69, 9.17) is 0 Å². The molecule has 3 saturated carbocycles. The van der Waals surface area contributed by atoms with E-state index in [1.54, 1.807) is 0 Å². The van der Waals surface area contributed by atoms with Crippen LogP contribution >= 0.6 is 0 Å². The minimum absolute atomic E-state index is 0.403. The van der Waals surface area contributed by atoms with Gasteiger partial charge in [-0.05, 0) is 84.9 Å². The summed E-state index contributed by atoms with van der Waals surface area (Å²) in [6.07, 6.45) is 16.6. The summed E-state index contributed by atoms with van der Waals surface area (Å²) < 4.78 is 0. The van der Waals surface area contributed by atoms with Crippen molar-refractivity contribution in [2.45, 2.75) is 105 Å². The highest BCUT2D eigenvalue weighted by atomic mass is 16.1. The summed E-state index contributed by atoms with van der Waals surface area (Å²) in [6.45, 7) is 12.5. The first-order chi connectivity index (χ1) is 13.3. The van der Waals surface area contributed by atoms with Crippen molar-refractivity contribution in [3.8, 4) is 0 Å². The van der Waals surface area contributed by atoms with E-state index in [1.165, 1.54) is 51.4 Å². The lowest BCUT2D eigenvalue weighted by atomic mass is 9.47. The highest BCUT2D eigenvalue weighted by Gasteiger charge is 2.58. The summed E-state index contributed by atoms with van der Waals surface area (Å²) >= 11 is 0. The average Bonchev–Trinajstić information content (AvgIpc) is 2.99. The number of hydrogen-bond acceptors (Lipinski definition) is 1. The van der Waals surface area contributed by atoms with Crippen molar-refractivity contribution in [2.24, 2.45) is 46.3 Å². The number of rotatable bonds is 5. The number of Topliss-reactive ketones (excluding diaryl/α,β-unsaturated/α-hetero) is 1. The van der Waals surface area contributed by atoms with Gasteiger partial charge in [0.15, 0.2) is 0 Å². The Hall–Kier alpha value is -0.590. The molecule has 7 atom stereocenters. The van der Waals surface area contributed by atoms with Crippen LogP contribution in [0.4, 0.5) is 0 Å². The molecule has 28 heavy (non-hydrogen) atoms. The lowest BCUT2D eigenvalue weighted by Gasteiger charge is -2.57. The molecule has 158 valence electrons. The van der Waals surface area contributed by atoms with Crippen molar-refractivity contribution in [3.05, 3.63) is 11.6 Å². The number of carbonyl (C=O) groups is 1. The summed E-state index contributed by atoms with van der Waals surface area (Å²) in [7, 11) is 0. The predicted octanol–water partition coefficient (Wildman–Crippen LogP) is 7.60. The maximum atomic E-state index is 12.1. The second kappa shape index (κ2) is 7.59. The Kier molecular flexibility index (Phi) is 5.60. The SMILES string of the molecule is CC(C)CCC[C@H](C)[C@@H]1CC[C@@H]2C3=CC[C@@H]4CC(=O)CC[C@]4(C)[C@H]3CC[C@@]21C. The second-order valence-electron chi connectivity index (χ2n) is 12.0. The number of allylic oxidation sites excluding steroid dienone is 2. The summed E-state index contributed by atoms with van der Waals surface area (Å²) in [4.78, 5) is 12.1. The molecular weight excluding hydrogens is 340 g/mol. The van der Waals surface area contributed by atoms with Gasteiger partial charge in [-0.3, -0.25) is 4.79 Å². The van der Waals surface area contributed by atoms with Crippen LogP contribution < -0.4 is 0 Å². The van der Waals surface area contributed by atoms with Gasteiger partial charge >= 0.3 is 0 Å². The Labute approximate surface area is 174 Å². The van der Waals surface area contributed by atoms with Gasteiger partial charge in [0.2, 0.25) is 0 Å². The number of carbonyl (C=O) groups excluding carboxylic acids is 1. The molecule has 1 heteroatoms. The number of fused-ring (bicyclic) bond motifs is 5. The smallest absolute Gasteiger partial charge is 0.133 e. The van der Waals surface area contributed by atoms with Crippen molar-refractivity contribution in [1.82, 2.24) is 0 Å². The topological polar surface area (TPSA) is 17.1 Å². The van der Waals surface area contributed by atoms with Crippen LogP contribution in [-0.4, -0.2) is 5.78 Å². The van der Waals surface area contributed by atoms with Crippen LogP contribution in [0.1, 0.15) is 105 Å². The average molecular weight is 385 g/mol. The highest BCUT2D eigenvalue weighted by molar-refractivity contribution is 5.79. The van der Waals surface area contributed by atoms with E-state index in [2.05, 4.69) is 40.7 Å². The maximum Gasteiger partial charge on any atom is 0.133 e. The monoisotopic (exact) mass is 384 g/mol. The Morgan fingerprint density at radius 1 is 1.00 bits per heavy atom. The van der Waals surface area contributed by atoms with Gasteiger partial charge in [-0.25, -0.2) is 0 Å². The van der Waals surface area contributed by atoms with E-state index in [9.17, 15) is 4.79 Å². The third-order valence-corrected chi connectivity index (χ3v) is 10.1. The first kappa shape index (κ1) is 20.7. The van der Waals surface area contributed by atoms with Crippen molar-refractivity contribution in [3.63, 3.8) is 0 Å². The molecule has 3 fully saturated rings. The van der Waals surface area contributed by atoms with Crippen molar-refractivity contribution < 1.29 is 4.79 Å². The molecule has 4 aliphatic rings. The molecule has 0 aromatic heterocycles. The van der Waals surface area contributed by atoms with Gasteiger partial charge in [0, 0.05) is 12.8 Å². The van der Waals surface area contributed by atoms with Gasteiger partial charge in [0.25, 0.3) is 0 Å². The third kappa shape index (κ3) is 3.33. The van der Waals surface area contributed by atoms with Crippen molar-refractivity contribution >= 4 is 5.78 Å². The van der Waals surface area contributed by atoms with Crippen LogP contribution in [0.3, 0.4) is 0 Å². The van der Waals surface area contributed by atoms with E-state index in [0.717, 1.165) is 48.9 Å². The molecule has 0 aromatic rings. The molecule has 0 N–H and O–H groups in total. The minimum atomic E-state index is 0.403. The first-order valence-electron chi connectivity index (χ1n) is 12.5. The molecule has 0 unspecified atom stereocenters. The zero-order valence-corrected chi connectivity index (χ0v) is 19.2. The number of hydrogen-bond donors (Lipinski definition) is 0. The van der Waals surface area contributed by atoms with Gasteiger partial charge in [-0.2, -0.15) is 0 Å². The second-order valence-corrected chi connectivity index (χ2v) is 12.0. The van der Waals surface area contributed by atoms with Crippen LogP contribution in [0, 0.1) is 46.3 Å². The summed E-state index contributed by atoms with van der Waals surface area (Å²) in [5.74, 6) is 5.40. The molecule has 0 amide bonds. The molecule has 4 rings (SSSR count). The van der Waals surface area contributed by atoms with E-state index in [0.29, 0.717) is 22.5 Å². The van der Waals surface area contributed by atoms with Crippen LogP contribution in [0.2, 0.25) is 0 Å². The zero-order valence-electron chi connectivity index (χ0n) is 19.2. The highest BCUT2D eigenvalue weighted by Crippen LogP contribution is 2.66. The third-order valence-electron chi connectivity index (χ3n) is 10.1. The lowest BCUT2D eigenvalue weighted by Crippen LogP contribution is -2.49. The lowest BCUT2D eigenvalue weighted by molar-refractivity contribution is -0.127. The molecule has 0 heterocycles. The normalized spacial score (nSPS) is 43.9. The maximum absolute atomic E-state index is 12.1. The quantitative estimate of drug-likeness (QED) is 0.446. The molecule has 0 aromatic carbocycles. The van der Waals surface area contributed by atoms with Gasteiger partial charge in [-0.1, -0.05) is 65.5 Å². The summed E-state index contributed by atoms with van der Waals surface area (Å²) in [5.41, 5.74) is 2.78. The molecule has 0 bridgehead atoms. The Morgan fingerprint density at radius 2 is 1.75 bits per heavy atom. The molecule has 0 spiro atoms. The molecule has 4 aliphatic carbocycles. The molecular formula is C27H44O. The fraction of sp³-hybridized carbons (Fsp3) is 0.889. The fourth-order valence-corrected chi connectivity index (χ4v) is 8.33. The van der Waals surface area contributed by atoms with Crippen molar-refractivity contribution in [1.29, 1.82) is 0 Å². The van der Waals surface area contributed by atoms with E-state index in [1.807, 2.05) is 5.57 Å². The minimum Gasteiger partial charge on any atom is -0.300 e.